The number of aromatic hydroxyl groups is 1. The molecule has 0 bridgehead atoms. The molecule has 1 aromatic carbocycles. The zero-order valence-electron chi connectivity index (χ0n) is 9.38. The van der Waals surface area contributed by atoms with E-state index in [4.69, 9.17) is 11.5 Å². The van der Waals surface area contributed by atoms with E-state index >= 15 is 0 Å². The van der Waals surface area contributed by atoms with E-state index in [1.54, 1.807) is 6.07 Å². The van der Waals surface area contributed by atoms with Gasteiger partial charge in [-0.1, -0.05) is 19.9 Å². The summed E-state index contributed by atoms with van der Waals surface area (Å²) in [5, 5.41) is 16.7. The van der Waals surface area contributed by atoms with Gasteiger partial charge in [0.05, 0.1) is 6.21 Å². The van der Waals surface area contributed by atoms with Gasteiger partial charge >= 0.3 is 0 Å². The molecule has 0 radical (unpaired) electrons. The van der Waals surface area contributed by atoms with Crippen LogP contribution in [0.3, 0.4) is 0 Å². The van der Waals surface area contributed by atoms with Crippen molar-refractivity contribution < 1.29 is 5.11 Å². The summed E-state index contributed by atoms with van der Waals surface area (Å²) in [4.78, 5) is 0. The Bertz CT molecular complexity index is 420. The molecule has 0 saturated carbocycles. The van der Waals surface area contributed by atoms with Crippen molar-refractivity contribution in [2.75, 3.05) is 0 Å². The molecular formula is C11H16N4O. The van der Waals surface area contributed by atoms with Gasteiger partial charge in [0.2, 0.25) is 5.96 Å². The fourth-order valence-electron chi connectivity index (χ4n) is 1.19. The van der Waals surface area contributed by atoms with Gasteiger partial charge in [-0.15, -0.1) is 5.10 Å². The second-order valence-corrected chi connectivity index (χ2v) is 3.74. The van der Waals surface area contributed by atoms with Crippen LogP contribution in [-0.4, -0.2) is 17.3 Å². The van der Waals surface area contributed by atoms with Crippen molar-refractivity contribution in [3.8, 4) is 5.75 Å². The maximum absolute atomic E-state index is 9.58. The summed E-state index contributed by atoms with van der Waals surface area (Å²) >= 11 is 0. The van der Waals surface area contributed by atoms with Gasteiger partial charge in [-0.05, 0) is 23.6 Å². The molecule has 0 unspecified atom stereocenters. The summed E-state index contributed by atoms with van der Waals surface area (Å²) in [6.07, 6.45) is 1.42. The molecular weight excluding hydrogens is 204 g/mol. The Morgan fingerprint density at radius 3 is 2.62 bits per heavy atom. The fourth-order valence-corrected chi connectivity index (χ4v) is 1.19. The van der Waals surface area contributed by atoms with Gasteiger partial charge in [-0.3, -0.25) is 0 Å². The van der Waals surface area contributed by atoms with E-state index in [0.717, 1.165) is 5.56 Å². The van der Waals surface area contributed by atoms with E-state index in [0.29, 0.717) is 11.5 Å². The number of phenolic OH excluding ortho intramolecular Hbond substituents is 1. The molecule has 0 aliphatic carbocycles. The van der Waals surface area contributed by atoms with Gasteiger partial charge in [0.25, 0.3) is 0 Å². The largest absolute Gasteiger partial charge is 0.507 e. The number of hydrogen-bond donors (Lipinski definition) is 3. The van der Waals surface area contributed by atoms with Crippen LogP contribution in [0.5, 0.6) is 5.75 Å². The molecule has 86 valence electrons. The van der Waals surface area contributed by atoms with Crippen molar-refractivity contribution in [1.82, 2.24) is 0 Å². The predicted octanol–water partition coefficient (Wildman–Crippen LogP) is 1.12. The van der Waals surface area contributed by atoms with Crippen LogP contribution < -0.4 is 11.5 Å². The highest BCUT2D eigenvalue weighted by molar-refractivity contribution is 5.84. The summed E-state index contributed by atoms with van der Waals surface area (Å²) in [7, 11) is 0. The number of nitrogens with zero attached hydrogens (tertiary/aromatic N) is 2. The second-order valence-electron chi connectivity index (χ2n) is 3.74. The second kappa shape index (κ2) is 5.16. The number of rotatable bonds is 3. The third-order valence-electron chi connectivity index (χ3n) is 2.09. The van der Waals surface area contributed by atoms with E-state index in [9.17, 15) is 5.11 Å². The molecule has 0 fully saturated rings. The molecule has 0 amide bonds. The summed E-state index contributed by atoms with van der Waals surface area (Å²) in [5.74, 6) is 0.422. The van der Waals surface area contributed by atoms with Crippen LogP contribution in [0.25, 0.3) is 0 Å². The molecule has 1 rings (SSSR count). The van der Waals surface area contributed by atoms with Crippen molar-refractivity contribution in [1.29, 1.82) is 0 Å². The van der Waals surface area contributed by atoms with Crippen LogP contribution >= 0.6 is 0 Å². The van der Waals surface area contributed by atoms with Crippen LogP contribution in [0.4, 0.5) is 0 Å². The third-order valence-corrected chi connectivity index (χ3v) is 2.09. The highest BCUT2D eigenvalue weighted by atomic mass is 16.3. The summed E-state index contributed by atoms with van der Waals surface area (Å²) < 4.78 is 0. The van der Waals surface area contributed by atoms with Gasteiger partial charge in [-0.25, -0.2) is 0 Å². The van der Waals surface area contributed by atoms with Crippen molar-refractivity contribution in [3.05, 3.63) is 29.3 Å². The number of hydrogen-bond acceptors (Lipinski definition) is 3. The quantitative estimate of drug-likeness (QED) is 0.404. The first-order chi connectivity index (χ1) is 7.50. The lowest BCUT2D eigenvalue weighted by Crippen LogP contribution is -2.21. The first-order valence-electron chi connectivity index (χ1n) is 4.95. The maximum Gasteiger partial charge on any atom is 0.211 e. The first-order valence-corrected chi connectivity index (χ1v) is 4.95. The standard InChI is InChI=1S/C11H16N4O/c1-7(2)8-3-4-10(16)9(5-8)6-14-15-11(12)13/h3-7,16H,1-2H3,(H4,12,13,15). The summed E-state index contributed by atoms with van der Waals surface area (Å²) in [6.45, 7) is 4.15. The molecule has 5 N–H and O–H groups in total. The monoisotopic (exact) mass is 220 g/mol. The van der Waals surface area contributed by atoms with Gasteiger partial charge in [0.15, 0.2) is 0 Å². The van der Waals surface area contributed by atoms with E-state index in [1.165, 1.54) is 6.21 Å². The molecule has 16 heavy (non-hydrogen) atoms. The molecule has 5 heteroatoms. The Balaban J connectivity index is 2.99. The molecule has 0 spiro atoms. The highest BCUT2D eigenvalue weighted by Gasteiger charge is 2.03. The van der Waals surface area contributed by atoms with Crippen LogP contribution in [0.2, 0.25) is 0 Å². The number of nitrogens with two attached hydrogens (primary N) is 2. The number of guanidine groups is 1. The fraction of sp³-hybridized carbons (Fsp3) is 0.273. The van der Waals surface area contributed by atoms with E-state index in [2.05, 4.69) is 24.1 Å². The zero-order chi connectivity index (χ0) is 12.1. The van der Waals surface area contributed by atoms with E-state index < -0.39 is 0 Å². The number of phenols is 1. The topological polar surface area (TPSA) is 97.0 Å². The lowest BCUT2D eigenvalue weighted by molar-refractivity contribution is 0.474. The van der Waals surface area contributed by atoms with Crippen molar-refractivity contribution in [2.45, 2.75) is 19.8 Å². The molecule has 0 aliphatic heterocycles. The minimum Gasteiger partial charge on any atom is -0.507 e. The normalized spacial score (nSPS) is 10.9. The van der Waals surface area contributed by atoms with Crippen LogP contribution in [0.15, 0.2) is 28.4 Å². The molecule has 0 aromatic heterocycles. The highest BCUT2D eigenvalue weighted by Crippen LogP contribution is 2.21. The van der Waals surface area contributed by atoms with E-state index in [1.807, 2.05) is 12.1 Å². The Morgan fingerprint density at radius 2 is 2.06 bits per heavy atom. The molecule has 0 aliphatic rings. The number of benzene rings is 1. The Labute approximate surface area is 94.5 Å². The molecule has 0 heterocycles. The lowest BCUT2D eigenvalue weighted by atomic mass is 10.0. The zero-order valence-corrected chi connectivity index (χ0v) is 9.38. The smallest absolute Gasteiger partial charge is 0.211 e. The van der Waals surface area contributed by atoms with E-state index in [-0.39, 0.29) is 11.7 Å². The summed E-state index contributed by atoms with van der Waals surface area (Å²) in [5.41, 5.74) is 12.0. The average molecular weight is 220 g/mol. The van der Waals surface area contributed by atoms with Gasteiger partial charge < -0.3 is 16.6 Å². The Kier molecular flexibility index (Phi) is 3.88. The third kappa shape index (κ3) is 3.27. The minimum absolute atomic E-state index is 0.115. The first kappa shape index (κ1) is 12.0. The molecule has 0 atom stereocenters. The summed E-state index contributed by atoms with van der Waals surface area (Å²) in [6, 6.07) is 5.36. The van der Waals surface area contributed by atoms with Gasteiger partial charge in [0.1, 0.15) is 5.75 Å². The predicted molar refractivity (Wildman–Crippen MR) is 65.6 cm³/mol. The molecule has 0 saturated heterocycles. The minimum atomic E-state index is -0.115. The van der Waals surface area contributed by atoms with Crippen molar-refractivity contribution >= 4 is 12.2 Å². The van der Waals surface area contributed by atoms with Gasteiger partial charge in [0, 0.05) is 5.56 Å². The Morgan fingerprint density at radius 1 is 1.38 bits per heavy atom. The lowest BCUT2D eigenvalue weighted by Gasteiger charge is -2.06. The van der Waals surface area contributed by atoms with Crippen molar-refractivity contribution in [3.63, 3.8) is 0 Å². The molecule has 1 aromatic rings. The average Bonchev–Trinajstić information content (AvgIpc) is 2.20. The van der Waals surface area contributed by atoms with Crippen LogP contribution in [-0.2, 0) is 0 Å². The molecule has 5 nitrogen and oxygen atoms in total. The Hall–Kier alpha value is -2.04. The van der Waals surface area contributed by atoms with Crippen molar-refractivity contribution in [2.24, 2.45) is 21.7 Å². The maximum atomic E-state index is 9.58. The van der Waals surface area contributed by atoms with Gasteiger partial charge in [-0.2, -0.15) is 5.10 Å². The van der Waals surface area contributed by atoms with Crippen LogP contribution in [0.1, 0.15) is 30.9 Å². The van der Waals surface area contributed by atoms with Crippen LogP contribution in [0, 0.1) is 0 Å². The SMILES string of the molecule is CC(C)c1ccc(O)c(C=NN=C(N)N)c1.